The third-order valence-electron chi connectivity index (χ3n) is 5.57. The standard InChI is InChI=1S/C28H27N3O4S/c1-18-5-14-24(19(2)15-18)29-26(32)17-36-28-30-25(16-20-6-10-22(34-3)11-7-20)27(33)31(28)21-8-12-23(35-4)13-9-21/h5-16H,17H2,1-4H3,(H,29,32)/b25-16-. The topological polar surface area (TPSA) is 80.2 Å². The molecule has 3 aromatic rings. The van der Waals surface area contributed by atoms with E-state index in [1.807, 2.05) is 56.3 Å². The lowest BCUT2D eigenvalue weighted by atomic mass is 10.1. The molecule has 0 radical (unpaired) electrons. The van der Waals surface area contributed by atoms with Crippen molar-refractivity contribution in [3.05, 3.63) is 89.1 Å². The Balaban J connectivity index is 1.57. The van der Waals surface area contributed by atoms with E-state index in [0.29, 0.717) is 16.6 Å². The SMILES string of the molecule is COc1ccc(/C=C2\N=C(SCC(=O)Nc3ccc(C)cc3C)N(c3ccc(OC)cc3)C2=O)cc1. The van der Waals surface area contributed by atoms with Crippen LogP contribution in [0.2, 0.25) is 0 Å². The number of rotatable bonds is 7. The molecule has 0 saturated carbocycles. The van der Waals surface area contributed by atoms with E-state index in [9.17, 15) is 9.59 Å². The van der Waals surface area contributed by atoms with Crippen LogP contribution in [-0.4, -0.2) is 37.0 Å². The highest BCUT2D eigenvalue weighted by atomic mass is 32.2. The van der Waals surface area contributed by atoms with Crippen LogP contribution in [0.4, 0.5) is 11.4 Å². The molecule has 0 unspecified atom stereocenters. The molecular weight excluding hydrogens is 474 g/mol. The fraction of sp³-hybridized carbons (Fsp3) is 0.179. The second-order valence-electron chi connectivity index (χ2n) is 8.19. The second-order valence-corrected chi connectivity index (χ2v) is 9.13. The first-order chi connectivity index (χ1) is 17.4. The minimum absolute atomic E-state index is 0.0991. The van der Waals surface area contributed by atoms with Crippen LogP contribution in [0.25, 0.3) is 6.08 Å². The van der Waals surface area contributed by atoms with E-state index in [1.165, 1.54) is 16.7 Å². The number of aryl methyl sites for hydroxylation is 2. The molecule has 184 valence electrons. The number of aliphatic imine (C=N–C) groups is 1. The lowest BCUT2D eigenvalue weighted by molar-refractivity contribution is -0.114. The van der Waals surface area contributed by atoms with Crippen LogP contribution in [0.15, 0.2) is 77.4 Å². The van der Waals surface area contributed by atoms with Crippen LogP contribution < -0.4 is 19.7 Å². The largest absolute Gasteiger partial charge is 0.497 e. The number of nitrogens with zero attached hydrogens (tertiary/aromatic N) is 2. The van der Waals surface area contributed by atoms with Gasteiger partial charge in [-0.25, -0.2) is 4.99 Å². The molecule has 2 amide bonds. The number of hydrogen-bond donors (Lipinski definition) is 1. The predicted octanol–water partition coefficient (Wildman–Crippen LogP) is 5.44. The van der Waals surface area contributed by atoms with E-state index in [4.69, 9.17) is 9.47 Å². The highest BCUT2D eigenvalue weighted by molar-refractivity contribution is 8.14. The maximum atomic E-state index is 13.4. The van der Waals surface area contributed by atoms with Crippen molar-refractivity contribution >= 4 is 46.2 Å². The molecule has 36 heavy (non-hydrogen) atoms. The zero-order valence-corrected chi connectivity index (χ0v) is 21.4. The number of amidine groups is 1. The van der Waals surface area contributed by atoms with Crippen LogP contribution in [0, 0.1) is 13.8 Å². The average Bonchev–Trinajstić information content (AvgIpc) is 3.19. The third kappa shape index (κ3) is 5.78. The van der Waals surface area contributed by atoms with Crippen molar-refractivity contribution in [1.29, 1.82) is 0 Å². The Morgan fingerprint density at radius 3 is 2.22 bits per heavy atom. The van der Waals surface area contributed by atoms with Gasteiger partial charge < -0.3 is 14.8 Å². The molecule has 0 fully saturated rings. The van der Waals surface area contributed by atoms with Crippen molar-refractivity contribution in [2.24, 2.45) is 4.99 Å². The summed E-state index contributed by atoms with van der Waals surface area (Å²) < 4.78 is 10.4. The Morgan fingerprint density at radius 1 is 0.972 bits per heavy atom. The molecule has 0 atom stereocenters. The van der Waals surface area contributed by atoms with Crippen molar-refractivity contribution in [3.63, 3.8) is 0 Å². The summed E-state index contributed by atoms with van der Waals surface area (Å²) >= 11 is 1.21. The van der Waals surface area contributed by atoms with Crippen LogP contribution in [0.3, 0.4) is 0 Å². The van der Waals surface area contributed by atoms with Crippen LogP contribution in [0.5, 0.6) is 11.5 Å². The first-order valence-corrected chi connectivity index (χ1v) is 12.3. The summed E-state index contributed by atoms with van der Waals surface area (Å²) in [6.45, 7) is 3.96. The molecule has 1 N–H and O–H groups in total. The van der Waals surface area contributed by atoms with Crippen LogP contribution in [0.1, 0.15) is 16.7 Å². The number of benzene rings is 3. The molecular formula is C28H27N3O4S. The molecule has 1 aliphatic rings. The van der Waals surface area contributed by atoms with Gasteiger partial charge in [-0.1, -0.05) is 41.6 Å². The second kappa shape index (κ2) is 11.1. The molecule has 1 aliphatic heterocycles. The van der Waals surface area contributed by atoms with E-state index in [2.05, 4.69) is 10.3 Å². The summed E-state index contributed by atoms with van der Waals surface area (Å²) in [7, 11) is 3.19. The summed E-state index contributed by atoms with van der Waals surface area (Å²) in [6.07, 6.45) is 1.72. The van der Waals surface area contributed by atoms with Crippen molar-refractivity contribution in [2.45, 2.75) is 13.8 Å². The number of anilines is 2. The summed E-state index contributed by atoms with van der Waals surface area (Å²) in [5.74, 6) is 1.06. The number of carbonyl (C=O) groups excluding carboxylic acids is 2. The molecule has 0 aromatic heterocycles. The minimum Gasteiger partial charge on any atom is -0.497 e. The van der Waals surface area contributed by atoms with Crippen LogP contribution >= 0.6 is 11.8 Å². The van der Waals surface area contributed by atoms with E-state index in [-0.39, 0.29) is 23.3 Å². The van der Waals surface area contributed by atoms with Crippen molar-refractivity contribution < 1.29 is 19.1 Å². The highest BCUT2D eigenvalue weighted by Gasteiger charge is 2.32. The Labute approximate surface area is 214 Å². The molecule has 7 nitrogen and oxygen atoms in total. The zero-order valence-electron chi connectivity index (χ0n) is 20.6. The van der Waals surface area contributed by atoms with E-state index < -0.39 is 0 Å². The van der Waals surface area contributed by atoms with Gasteiger partial charge >= 0.3 is 0 Å². The summed E-state index contributed by atoms with van der Waals surface area (Å²) in [5, 5.41) is 3.37. The van der Waals surface area contributed by atoms with Gasteiger partial charge in [0.1, 0.15) is 17.2 Å². The number of hydrogen-bond acceptors (Lipinski definition) is 6. The van der Waals surface area contributed by atoms with Gasteiger partial charge in [0, 0.05) is 5.69 Å². The van der Waals surface area contributed by atoms with Crippen molar-refractivity contribution in [3.8, 4) is 11.5 Å². The Kier molecular flexibility index (Phi) is 7.75. The van der Waals surface area contributed by atoms with Gasteiger partial charge in [-0.05, 0) is 73.5 Å². The van der Waals surface area contributed by atoms with Gasteiger partial charge in [-0.15, -0.1) is 0 Å². The number of nitrogens with one attached hydrogen (secondary N) is 1. The van der Waals surface area contributed by atoms with E-state index in [1.54, 1.807) is 44.6 Å². The number of methoxy groups -OCH3 is 2. The van der Waals surface area contributed by atoms with Gasteiger partial charge in [0.05, 0.1) is 25.7 Å². The maximum Gasteiger partial charge on any atom is 0.283 e. The summed E-state index contributed by atoms with van der Waals surface area (Å²) in [4.78, 5) is 32.2. The van der Waals surface area contributed by atoms with Crippen molar-refractivity contribution in [1.82, 2.24) is 0 Å². The lowest BCUT2D eigenvalue weighted by Gasteiger charge is -2.18. The maximum absolute atomic E-state index is 13.4. The summed E-state index contributed by atoms with van der Waals surface area (Å²) in [5.41, 5.74) is 4.63. The van der Waals surface area contributed by atoms with Gasteiger partial charge in [0.25, 0.3) is 5.91 Å². The zero-order chi connectivity index (χ0) is 25.7. The molecule has 3 aromatic carbocycles. The third-order valence-corrected chi connectivity index (χ3v) is 6.51. The van der Waals surface area contributed by atoms with Gasteiger partial charge in [0.15, 0.2) is 5.17 Å². The molecule has 0 aliphatic carbocycles. The first kappa shape index (κ1) is 25.1. The molecule has 1 heterocycles. The quantitative estimate of drug-likeness (QED) is 0.436. The normalized spacial score (nSPS) is 14.1. The molecule has 0 bridgehead atoms. The lowest BCUT2D eigenvalue weighted by Crippen LogP contribution is -2.31. The van der Waals surface area contributed by atoms with E-state index >= 15 is 0 Å². The Hall–Kier alpha value is -4.04. The first-order valence-electron chi connectivity index (χ1n) is 11.3. The Bertz CT molecular complexity index is 1330. The number of thioether (sulfide) groups is 1. The predicted molar refractivity (Wildman–Crippen MR) is 146 cm³/mol. The van der Waals surface area contributed by atoms with Gasteiger partial charge in [0.2, 0.25) is 5.91 Å². The minimum atomic E-state index is -0.270. The molecule has 4 rings (SSSR count). The number of ether oxygens (including phenoxy) is 2. The molecule has 0 spiro atoms. The summed E-state index contributed by atoms with van der Waals surface area (Å²) in [6, 6.07) is 20.4. The number of amides is 2. The smallest absolute Gasteiger partial charge is 0.283 e. The molecule has 0 saturated heterocycles. The van der Waals surface area contributed by atoms with Crippen molar-refractivity contribution in [2.75, 3.05) is 30.2 Å². The van der Waals surface area contributed by atoms with Gasteiger partial charge in [-0.3, -0.25) is 14.5 Å². The Morgan fingerprint density at radius 2 is 1.61 bits per heavy atom. The fourth-order valence-electron chi connectivity index (χ4n) is 3.68. The monoisotopic (exact) mass is 501 g/mol. The fourth-order valence-corrected chi connectivity index (χ4v) is 4.49. The van der Waals surface area contributed by atoms with E-state index in [0.717, 1.165) is 28.1 Å². The number of carbonyl (C=O) groups is 2. The highest BCUT2D eigenvalue weighted by Crippen LogP contribution is 2.31. The molecule has 8 heteroatoms. The average molecular weight is 502 g/mol. The van der Waals surface area contributed by atoms with Crippen LogP contribution in [-0.2, 0) is 9.59 Å². The van der Waals surface area contributed by atoms with Gasteiger partial charge in [-0.2, -0.15) is 0 Å².